The molecule has 0 saturated carbocycles. The van der Waals surface area contributed by atoms with Crippen molar-refractivity contribution in [3.05, 3.63) is 89.1 Å². The van der Waals surface area contributed by atoms with Gasteiger partial charge in [0.15, 0.2) is 0 Å². The van der Waals surface area contributed by atoms with Crippen molar-refractivity contribution in [3.8, 4) is 16.8 Å². The fraction of sp³-hybridized carbons (Fsp3) is 0.259. The average molecular weight is 426 g/mol. The van der Waals surface area contributed by atoms with Crippen LogP contribution in [-0.4, -0.2) is 34.8 Å². The van der Waals surface area contributed by atoms with Gasteiger partial charge in [0, 0.05) is 54.0 Å². The normalized spacial score (nSPS) is 18.8. The van der Waals surface area contributed by atoms with E-state index in [1.54, 1.807) is 10.8 Å². The molecule has 162 valence electrons. The second-order valence-electron chi connectivity index (χ2n) is 8.64. The average Bonchev–Trinajstić information content (AvgIpc) is 2.81. The van der Waals surface area contributed by atoms with Crippen LogP contribution in [0, 0.1) is 6.92 Å². The molecule has 0 bridgehead atoms. The van der Waals surface area contributed by atoms with Gasteiger partial charge in [-0.25, -0.2) is 0 Å². The van der Waals surface area contributed by atoms with Crippen molar-refractivity contribution in [1.29, 1.82) is 0 Å². The van der Waals surface area contributed by atoms with E-state index < -0.39 is 0 Å². The number of pyridine rings is 2. The van der Waals surface area contributed by atoms with Crippen LogP contribution in [0.2, 0.25) is 0 Å². The molecule has 2 aromatic carbocycles. The van der Waals surface area contributed by atoms with E-state index >= 15 is 0 Å². The molecular formula is C27H27N3O2. The number of anilines is 1. The quantitative estimate of drug-likeness (QED) is 0.465. The lowest BCUT2D eigenvalue weighted by Gasteiger charge is -2.36. The molecule has 1 saturated heterocycles. The van der Waals surface area contributed by atoms with Crippen LogP contribution in [0.1, 0.15) is 19.4 Å². The Hall–Kier alpha value is -3.44. The highest BCUT2D eigenvalue weighted by molar-refractivity contribution is 5.98. The van der Waals surface area contributed by atoms with Crippen LogP contribution in [0.25, 0.3) is 27.6 Å². The Labute approximate surface area is 187 Å². The van der Waals surface area contributed by atoms with Crippen LogP contribution in [0.15, 0.2) is 78.0 Å². The van der Waals surface area contributed by atoms with Gasteiger partial charge in [0.05, 0.1) is 12.2 Å². The highest BCUT2D eigenvalue weighted by Gasteiger charge is 2.22. The van der Waals surface area contributed by atoms with Crippen molar-refractivity contribution in [2.24, 2.45) is 0 Å². The van der Waals surface area contributed by atoms with Crippen molar-refractivity contribution < 1.29 is 4.74 Å². The maximum Gasteiger partial charge on any atom is 0.262 e. The Morgan fingerprint density at radius 3 is 2.34 bits per heavy atom. The molecule has 2 aromatic heterocycles. The SMILES string of the molecule is Cc1cn(-c2ccc(N3CC(C)O[C@H](C)C3)cc2)c(=O)c2cccc(-c3cccnc3)c12. The molecule has 1 aliphatic rings. The number of hydrogen-bond donors (Lipinski definition) is 0. The van der Waals surface area contributed by atoms with Crippen molar-refractivity contribution >= 4 is 16.5 Å². The Bertz CT molecular complexity index is 1300. The van der Waals surface area contributed by atoms with Crippen molar-refractivity contribution in [3.63, 3.8) is 0 Å². The molecule has 0 N–H and O–H groups in total. The highest BCUT2D eigenvalue weighted by atomic mass is 16.5. The van der Waals surface area contributed by atoms with Gasteiger partial charge in [-0.2, -0.15) is 0 Å². The fourth-order valence-corrected chi connectivity index (χ4v) is 4.77. The van der Waals surface area contributed by atoms with Crippen LogP contribution < -0.4 is 10.5 Å². The van der Waals surface area contributed by atoms with Crippen molar-refractivity contribution in [2.75, 3.05) is 18.0 Å². The zero-order valence-corrected chi connectivity index (χ0v) is 18.7. The molecule has 0 spiro atoms. The molecule has 0 amide bonds. The summed E-state index contributed by atoms with van der Waals surface area (Å²) in [6, 6.07) is 18.1. The smallest absolute Gasteiger partial charge is 0.262 e. The topological polar surface area (TPSA) is 47.4 Å². The molecule has 5 nitrogen and oxygen atoms in total. The summed E-state index contributed by atoms with van der Waals surface area (Å²) in [7, 11) is 0. The maximum atomic E-state index is 13.5. The van der Waals surface area contributed by atoms with E-state index in [4.69, 9.17) is 4.74 Å². The second kappa shape index (κ2) is 8.24. The predicted molar refractivity (Wildman–Crippen MR) is 130 cm³/mol. The Kier molecular flexibility index (Phi) is 5.27. The first-order valence-corrected chi connectivity index (χ1v) is 11.1. The minimum atomic E-state index is -0.0160. The van der Waals surface area contributed by atoms with Gasteiger partial charge in [0.2, 0.25) is 0 Å². The highest BCUT2D eigenvalue weighted by Crippen LogP contribution is 2.30. The van der Waals surface area contributed by atoms with Gasteiger partial charge in [-0.1, -0.05) is 18.2 Å². The summed E-state index contributed by atoms with van der Waals surface area (Å²) >= 11 is 0. The number of benzene rings is 2. The van der Waals surface area contributed by atoms with Gasteiger partial charge < -0.3 is 9.64 Å². The van der Waals surface area contributed by atoms with Gasteiger partial charge in [0.25, 0.3) is 5.56 Å². The Morgan fingerprint density at radius 2 is 1.66 bits per heavy atom. The standard InChI is InChI=1S/C27H27N3O2/c1-18-15-30(23-11-9-22(10-12-23)29-16-19(2)32-20(3)17-29)27(31)25-8-4-7-24(26(18)25)21-6-5-13-28-14-21/h4-15,19-20H,16-17H2,1-3H3/t19-,20?/m1/s1. The molecule has 0 radical (unpaired) electrons. The lowest BCUT2D eigenvalue weighted by molar-refractivity contribution is -0.00521. The largest absolute Gasteiger partial charge is 0.372 e. The van der Waals surface area contributed by atoms with Gasteiger partial charge in [-0.3, -0.25) is 14.3 Å². The second-order valence-corrected chi connectivity index (χ2v) is 8.64. The lowest BCUT2D eigenvalue weighted by atomic mass is 9.97. The minimum Gasteiger partial charge on any atom is -0.372 e. The lowest BCUT2D eigenvalue weighted by Crippen LogP contribution is -2.45. The maximum absolute atomic E-state index is 13.5. The number of ether oxygens (including phenoxy) is 1. The van der Waals surface area contributed by atoms with Crippen LogP contribution in [0.5, 0.6) is 0 Å². The number of aryl methyl sites for hydroxylation is 1. The van der Waals surface area contributed by atoms with E-state index in [0.717, 1.165) is 46.5 Å². The third-order valence-electron chi connectivity index (χ3n) is 6.12. The van der Waals surface area contributed by atoms with E-state index in [0.29, 0.717) is 5.39 Å². The zero-order valence-electron chi connectivity index (χ0n) is 18.7. The fourth-order valence-electron chi connectivity index (χ4n) is 4.77. The summed E-state index contributed by atoms with van der Waals surface area (Å²) in [5.74, 6) is 0. The van der Waals surface area contributed by atoms with E-state index in [2.05, 4.69) is 48.9 Å². The van der Waals surface area contributed by atoms with Gasteiger partial charge in [-0.05, 0) is 73.7 Å². The Balaban J connectivity index is 1.56. The van der Waals surface area contributed by atoms with E-state index in [-0.39, 0.29) is 17.8 Å². The molecule has 2 atom stereocenters. The molecule has 32 heavy (non-hydrogen) atoms. The number of fused-ring (bicyclic) bond motifs is 1. The van der Waals surface area contributed by atoms with Gasteiger partial charge in [-0.15, -0.1) is 0 Å². The number of nitrogens with zero attached hydrogens (tertiary/aromatic N) is 3. The summed E-state index contributed by atoms with van der Waals surface area (Å²) in [6.07, 6.45) is 5.96. The summed E-state index contributed by atoms with van der Waals surface area (Å²) < 4.78 is 7.60. The van der Waals surface area contributed by atoms with Crippen LogP contribution in [-0.2, 0) is 4.74 Å². The molecular weight excluding hydrogens is 398 g/mol. The number of hydrogen-bond acceptors (Lipinski definition) is 4. The first-order chi connectivity index (χ1) is 15.5. The Morgan fingerprint density at radius 1 is 0.938 bits per heavy atom. The molecule has 3 heterocycles. The summed E-state index contributed by atoms with van der Waals surface area (Å²) in [5.41, 5.74) is 5.10. The minimum absolute atomic E-state index is 0.0160. The van der Waals surface area contributed by atoms with Crippen molar-refractivity contribution in [2.45, 2.75) is 33.0 Å². The number of aromatic nitrogens is 2. The van der Waals surface area contributed by atoms with E-state index in [9.17, 15) is 4.79 Å². The first-order valence-electron chi connectivity index (χ1n) is 11.1. The molecule has 1 unspecified atom stereocenters. The third kappa shape index (κ3) is 3.69. The van der Waals surface area contributed by atoms with E-state index in [1.165, 1.54) is 0 Å². The summed E-state index contributed by atoms with van der Waals surface area (Å²) in [6.45, 7) is 8.01. The van der Waals surface area contributed by atoms with Crippen LogP contribution in [0.4, 0.5) is 5.69 Å². The van der Waals surface area contributed by atoms with Gasteiger partial charge in [0.1, 0.15) is 0 Å². The summed E-state index contributed by atoms with van der Waals surface area (Å²) in [4.78, 5) is 20.0. The molecule has 5 rings (SSSR count). The third-order valence-corrected chi connectivity index (χ3v) is 6.12. The van der Waals surface area contributed by atoms with Crippen LogP contribution in [0.3, 0.4) is 0 Å². The first kappa shape index (κ1) is 20.5. The van der Waals surface area contributed by atoms with Crippen molar-refractivity contribution in [1.82, 2.24) is 9.55 Å². The molecule has 4 aromatic rings. The monoisotopic (exact) mass is 425 g/mol. The molecule has 0 aliphatic carbocycles. The number of morpholine rings is 1. The predicted octanol–water partition coefficient (Wildman–Crippen LogP) is 4.97. The van der Waals surface area contributed by atoms with E-state index in [1.807, 2.05) is 48.8 Å². The zero-order chi connectivity index (χ0) is 22.2. The molecule has 5 heteroatoms. The van der Waals surface area contributed by atoms with Gasteiger partial charge >= 0.3 is 0 Å². The van der Waals surface area contributed by atoms with Crippen LogP contribution >= 0.6 is 0 Å². The molecule has 1 aliphatic heterocycles. The molecule has 1 fully saturated rings. The summed E-state index contributed by atoms with van der Waals surface area (Å²) in [5, 5.41) is 1.70. The number of rotatable bonds is 3.